The zero-order chi connectivity index (χ0) is 12.8. The van der Waals surface area contributed by atoms with E-state index in [1.807, 2.05) is 0 Å². The highest BCUT2D eigenvalue weighted by Crippen LogP contribution is 2.36. The lowest BCUT2D eigenvalue weighted by Crippen LogP contribution is -2.28. The van der Waals surface area contributed by atoms with E-state index in [4.69, 9.17) is 0 Å². The highest BCUT2D eigenvalue weighted by atomic mass is 16.2. The number of nitrogens with zero attached hydrogens (tertiary/aromatic N) is 1. The molecule has 18 heavy (non-hydrogen) atoms. The number of amides is 1. The van der Waals surface area contributed by atoms with Crippen LogP contribution in [-0.2, 0) is 4.79 Å². The molecule has 2 heteroatoms. The summed E-state index contributed by atoms with van der Waals surface area (Å²) in [7, 11) is 0. The summed E-state index contributed by atoms with van der Waals surface area (Å²) in [5, 5.41) is 0. The van der Waals surface area contributed by atoms with Gasteiger partial charge in [0, 0.05) is 19.0 Å². The molecular weight excluding hydrogens is 222 g/mol. The van der Waals surface area contributed by atoms with Gasteiger partial charge in [0.1, 0.15) is 0 Å². The zero-order valence-electron chi connectivity index (χ0n) is 12.0. The average Bonchev–Trinajstić information content (AvgIpc) is 2.71. The van der Waals surface area contributed by atoms with Crippen molar-refractivity contribution in [2.75, 3.05) is 13.1 Å². The molecular formula is C16H29NO. The minimum absolute atomic E-state index is 0.402. The summed E-state index contributed by atoms with van der Waals surface area (Å²) in [4.78, 5) is 14.4. The van der Waals surface area contributed by atoms with Crippen LogP contribution in [0.5, 0.6) is 0 Å². The Balaban J connectivity index is 1.63. The molecule has 2 nitrogen and oxygen atoms in total. The van der Waals surface area contributed by atoms with E-state index in [9.17, 15) is 4.79 Å². The molecule has 2 rings (SSSR count). The van der Waals surface area contributed by atoms with Crippen LogP contribution in [0, 0.1) is 11.8 Å². The van der Waals surface area contributed by atoms with E-state index in [0.29, 0.717) is 17.7 Å². The highest BCUT2D eigenvalue weighted by Gasteiger charge is 2.40. The molecule has 2 fully saturated rings. The maximum absolute atomic E-state index is 12.2. The van der Waals surface area contributed by atoms with Crippen molar-refractivity contribution in [1.82, 2.24) is 4.90 Å². The molecule has 0 aromatic carbocycles. The number of fused-ring (bicyclic) bond motifs is 1. The van der Waals surface area contributed by atoms with Gasteiger partial charge in [0.05, 0.1) is 0 Å². The normalized spacial score (nSPS) is 27.6. The van der Waals surface area contributed by atoms with Crippen molar-refractivity contribution in [1.29, 1.82) is 0 Å². The van der Waals surface area contributed by atoms with Gasteiger partial charge in [0.25, 0.3) is 0 Å². The summed E-state index contributed by atoms with van der Waals surface area (Å²) < 4.78 is 0. The van der Waals surface area contributed by atoms with Crippen molar-refractivity contribution in [3.63, 3.8) is 0 Å². The van der Waals surface area contributed by atoms with Crippen LogP contribution in [0.15, 0.2) is 0 Å². The first-order valence-corrected chi connectivity index (χ1v) is 8.11. The van der Waals surface area contributed by atoms with Gasteiger partial charge in [-0.15, -0.1) is 0 Å². The molecule has 1 aliphatic carbocycles. The maximum atomic E-state index is 12.2. The molecule has 0 aromatic rings. The van der Waals surface area contributed by atoms with Crippen molar-refractivity contribution < 1.29 is 4.79 Å². The summed E-state index contributed by atoms with van der Waals surface area (Å²) in [5.41, 5.74) is 0. The van der Waals surface area contributed by atoms with Crippen molar-refractivity contribution in [3.8, 4) is 0 Å². The predicted octanol–water partition coefficient (Wildman–Crippen LogP) is 4.00. The first-order valence-electron chi connectivity index (χ1n) is 8.11. The van der Waals surface area contributed by atoms with Gasteiger partial charge >= 0.3 is 0 Å². The lowest BCUT2D eigenvalue weighted by atomic mass is 9.81. The molecule has 2 aliphatic rings. The lowest BCUT2D eigenvalue weighted by molar-refractivity contribution is -0.131. The molecule has 0 N–H and O–H groups in total. The van der Waals surface area contributed by atoms with Crippen molar-refractivity contribution in [2.24, 2.45) is 11.8 Å². The molecule has 0 aromatic heterocycles. The van der Waals surface area contributed by atoms with Crippen LogP contribution in [0.4, 0.5) is 0 Å². The van der Waals surface area contributed by atoms with Crippen molar-refractivity contribution >= 4 is 5.91 Å². The lowest BCUT2D eigenvalue weighted by Gasteiger charge is -2.21. The zero-order valence-corrected chi connectivity index (χ0v) is 12.0. The second-order valence-electron chi connectivity index (χ2n) is 6.20. The van der Waals surface area contributed by atoms with Crippen LogP contribution in [-0.4, -0.2) is 23.9 Å². The van der Waals surface area contributed by atoms with E-state index < -0.39 is 0 Å². The van der Waals surface area contributed by atoms with Gasteiger partial charge in [-0.1, -0.05) is 51.9 Å². The van der Waals surface area contributed by atoms with Gasteiger partial charge in [-0.2, -0.15) is 0 Å². The molecule has 0 bridgehead atoms. The molecule has 1 aliphatic heterocycles. The standard InChI is InChI=1S/C16H29NO/c1-2-3-4-5-6-9-12-17-13-14-10-7-8-11-15(14)16(17)18/h14-15H,2-13H2,1H3. The number of carbonyl (C=O) groups excluding carboxylic acids is 1. The summed E-state index contributed by atoms with van der Waals surface area (Å²) >= 11 is 0. The maximum Gasteiger partial charge on any atom is 0.226 e. The fourth-order valence-electron chi connectivity index (χ4n) is 3.64. The summed E-state index contributed by atoms with van der Waals surface area (Å²) in [6, 6.07) is 0. The summed E-state index contributed by atoms with van der Waals surface area (Å²) in [6.45, 7) is 4.35. The van der Waals surface area contributed by atoms with E-state index in [-0.39, 0.29) is 0 Å². The SMILES string of the molecule is CCCCCCCCN1CC2CCCCC2C1=O. The Morgan fingerprint density at radius 2 is 1.78 bits per heavy atom. The van der Waals surface area contributed by atoms with Crippen molar-refractivity contribution in [2.45, 2.75) is 71.1 Å². The quantitative estimate of drug-likeness (QED) is 0.626. The molecule has 1 amide bonds. The number of rotatable bonds is 7. The molecule has 1 saturated carbocycles. The van der Waals surface area contributed by atoms with Crippen molar-refractivity contribution in [3.05, 3.63) is 0 Å². The van der Waals surface area contributed by atoms with Crippen LogP contribution in [0.3, 0.4) is 0 Å². The fraction of sp³-hybridized carbons (Fsp3) is 0.938. The van der Waals surface area contributed by atoms with E-state index >= 15 is 0 Å². The monoisotopic (exact) mass is 251 g/mol. The molecule has 0 radical (unpaired) electrons. The summed E-state index contributed by atoms with van der Waals surface area (Å²) in [5.74, 6) is 1.58. The molecule has 1 saturated heterocycles. The highest BCUT2D eigenvalue weighted by molar-refractivity contribution is 5.81. The molecule has 2 unspecified atom stereocenters. The average molecular weight is 251 g/mol. The molecule has 2 atom stereocenters. The topological polar surface area (TPSA) is 20.3 Å². The third-order valence-electron chi connectivity index (χ3n) is 4.77. The number of hydrogen-bond acceptors (Lipinski definition) is 1. The third kappa shape index (κ3) is 3.49. The number of unbranched alkanes of at least 4 members (excludes halogenated alkanes) is 5. The van der Waals surface area contributed by atoms with Crippen LogP contribution in [0.1, 0.15) is 71.1 Å². The fourth-order valence-corrected chi connectivity index (χ4v) is 3.64. The van der Waals surface area contributed by atoms with E-state index in [0.717, 1.165) is 19.5 Å². The van der Waals surface area contributed by atoms with E-state index in [1.165, 1.54) is 57.8 Å². The smallest absolute Gasteiger partial charge is 0.226 e. The second-order valence-corrected chi connectivity index (χ2v) is 6.20. The molecule has 1 heterocycles. The van der Waals surface area contributed by atoms with Crippen LogP contribution < -0.4 is 0 Å². The number of likely N-dealkylation sites (tertiary alicyclic amines) is 1. The number of hydrogen-bond donors (Lipinski definition) is 0. The minimum atomic E-state index is 0.402. The van der Waals surface area contributed by atoms with Gasteiger partial charge in [-0.05, 0) is 25.2 Å². The third-order valence-corrected chi connectivity index (χ3v) is 4.77. The van der Waals surface area contributed by atoms with Gasteiger partial charge in [0.15, 0.2) is 0 Å². The molecule has 0 spiro atoms. The Bertz CT molecular complexity index is 264. The molecule has 104 valence electrons. The van der Waals surface area contributed by atoms with E-state index in [2.05, 4.69) is 11.8 Å². The Kier molecular flexibility index (Phi) is 5.52. The Hall–Kier alpha value is -0.530. The van der Waals surface area contributed by atoms with Crippen LogP contribution in [0.25, 0.3) is 0 Å². The van der Waals surface area contributed by atoms with E-state index in [1.54, 1.807) is 0 Å². The Morgan fingerprint density at radius 1 is 1.06 bits per heavy atom. The van der Waals surface area contributed by atoms with Gasteiger partial charge in [-0.25, -0.2) is 0 Å². The minimum Gasteiger partial charge on any atom is -0.342 e. The second kappa shape index (κ2) is 7.16. The van der Waals surface area contributed by atoms with Gasteiger partial charge < -0.3 is 4.90 Å². The Labute approximate surface area is 112 Å². The van der Waals surface area contributed by atoms with Crippen LogP contribution in [0.2, 0.25) is 0 Å². The van der Waals surface area contributed by atoms with Gasteiger partial charge in [0.2, 0.25) is 5.91 Å². The van der Waals surface area contributed by atoms with Crippen LogP contribution >= 0.6 is 0 Å². The number of carbonyl (C=O) groups is 1. The van der Waals surface area contributed by atoms with Gasteiger partial charge in [-0.3, -0.25) is 4.79 Å². The predicted molar refractivity (Wildman–Crippen MR) is 75.4 cm³/mol. The first kappa shape index (κ1) is 13.9. The first-order chi connectivity index (χ1) is 8.83. The Morgan fingerprint density at radius 3 is 2.56 bits per heavy atom. The summed E-state index contributed by atoms with van der Waals surface area (Å²) in [6.07, 6.45) is 13.0. The largest absolute Gasteiger partial charge is 0.342 e.